The molecule has 1 aliphatic heterocycles. The molecule has 0 unspecified atom stereocenters. The third-order valence-electron chi connectivity index (χ3n) is 4.30. The van der Waals surface area contributed by atoms with E-state index in [1.54, 1.807) is 12.1 Å². The molecule has 1 fully saturated rings. The first kappa shape index (κ1) is 17.1. The standard InChI is InChI=1S/C18H22ClN3O2/c19-14-4-2-13-3-5-16(21-17(13)12-14)18(23)22-9-6-15(7-10-22)24-11-1-8-20/h2-5,12,15H,1,6-11,20H2. The largest absolute Gasteiger partial charge is 0.378 e. The number of piperidine rings is 1. The van der Waals surface area contributed by atoms with E-state index in [9.17, 15) is 4.79 Å². The van der Waals surface area contributed by atoms with Gasteiger partial charge in [0, 0.05) is 30.1 Å². The maximum Gasteiger partial charge on any atom is 0.272 e. The van der Waals surface area contributed by atoms with E-state index >= 15 is 0 Å². The number of carbonyl (C=O) groups excluding carboxylic acids is 1. The summed E-state index contributed by atoms with van der Waals surface area (Å²) in [5.74, 6) is -0.0303. The fourth-order valence-electron chi connectivity index (χ4n) is 2.93. The first-order valence-electron chi connectivity index (χ1n) is 8.34. The number of benzene rings is 1. The Bertz CT molecular complexity index is 714. The Morgan fingerprint density at radius 2 is 2.04 bits per heavy atom. The Hall–Kier alpha value is -1.69. The van der Waals surface area contributed by atoms with E-state index in [4.69, 9.17) is 22.1 Å². The van der Waals surface area contributed by atoms with Crippen LogP contribution in [0.3, 0.4) is 0 Å². The SMILES string of the molecule is NCCCOC1CCN(C(=O)c2ccc3ccc(Cl)cc3n2)CC1. The number of fused-ring (bicyclic) bond motifs is 1. The van der Waals surface area contributed by atoms with Crippen LogP contribution in [0.1, 0.15) is 29.8 Å². The molecule has 1 aromatic carbocycles. The lowest BCUT2D eigenvalue weighted by Gasteiger charge is -2.31. The molecule has 3 rings (SSSR count). The van der Waals surface area contributed by atoms with Crippen molar-refractivity contribution >= 4 is 28.4 Å². The molecule has 0 radical (unpaired) electrons. The van der Waals surface area contributed by atoms with Crippen molar-refractivity contribution in [2.24, 2.45) is 5.73 Å². The molecule has 1 saturated heterocycles. The molecule has 2 N–H and O–H groups in total. The number of hydrogen-bond donors (Lipinski definition) is 1. The van der Waals surface area contributed by atoms with E-state index in [-0.39, 0.29) is 12.0 Å². The Balaban J connectivity index is 1.63. The lowest BCUT2D eigenvalue weighted by atomic mass is 10.1. The molecule has 0 atom stereocenters. The molecule has 0 bridgehead atoms. The minimum Gasteiger partial charge on any atom is -0.378 e. The van der Waals surface area contributed by atoms with Crippen molar-refractivity contribution in [3.05, 3.63) is 41.0 Å². The van der Waals surface area contributed by atoms with Gasteiger partial charge in [0.05, 0.1) is 11.6 Å². The number of nitrogens with zero attached hydrogens (tertiary/aromatic N) is 2. The van der Waals surface area contributed by atoms with Crippen molar-refractivity contribution in [2.75, 3.05) is 26.2 Å². The lowest BCUT2D eigenvalue weighted by Crippen LogP contribution is -2.41. The molecule has 24 heavy (non-hydrogen) atoms. The number of aromatic nitrogens is 1. The van der Waals surface area contributed by atoms with Gasteiger partial charge in [0.15, 0.2) is 0 Å². The quantitative estimate of drug-likeness (QED) is 0.844. The number of carbonyl (C=O) groups is 1. The first-order chi connectivity index (χ1) is 11.7. The van der Waals surface area contributed by atoms with Gasteiger partial charge in [-0.05, 0) is 44.0 Å². The molecular weight excluding hydrogens is 326 g/mol. The van der Waals surface area contributed by atoms with Crippen LogP contribution in [0.2, 0.25) is 5.02 Å². The molecule has 0 aliphatic carbocycles. The summed E-state index contributed by atoms with van der Waals surface area (Å²) in [6.45, 7) is 2.74. The predicted molar refractivity (Wildman–Crippen MR) is 95.3 cm³/mol. The zero-order valence-electron chi connectivity index (χ0n) is 13.6. The summed E-state index contributed by atoms with van der Waals surface area (Å²) < 4.78 is 5.78. The third-order valence-corrected chi connectivity index (χ3v) is 4.54. The topological polar surface area (TPSA) is 68.5 Å². The van der Waals surface area contributed by atoms with Gasteiger partial charge in [-0.1, -0.05) is 23.7 Å². The molecule has 2 aromatic rings. The van der Waals surface area contributed by atoms with Gasteiger partial charge < -0.3 is 15.4 Å². The van der Waals surface area contributed by atoms with Crippen LogP contribution in [0.5, 0.6) is 0 Å². The average molecular weight is 348 g/mol. The Morgan fingerprint density at radius 1 is 1.29 bits per heavy atom. The highest BCUT2D eigenvalue weighted by Crippen LogP contribution is 2.20. The summed E-state index contributed by atoms with van der Waals surface area (Å²) in [5, 5.41) is 1.60. The van der Waals surface area contributed by atoms with Crippen molar-refractivity contribution in [1.82, 2.24) is 9.88 Å². The second-order valence-electron chi connectivity index (χ2n) is 6.04. The number of hydrogen-bond acceptors (Lipinski definition) is 4. The number of likely N-dealkylation sites (tertiary alicyclic amines) is 1. The van der Waals surface area contributed by atoms with Crippen LogP contribution in [0, 0.1) is 0 Å². The summed E-state index contributed by atoms with van der Waals surface area (Å²) in [6.07, 6.45) is 2.82. The maximum atomic E-state index is 12.7. The van der Waals surface area contributed by atoms with Crippen LogP contribution >= 0.6 is 11.6 Å². The van der Waals surface area contributed by atoms with Gasteiger partial charge in [-0.25, -0.2) is 4.98 Å². The molecule has 6 heteroatoms. The van der Waals surface area contributed by atoms with Crippen LogP contribution in [0.15, 0.2) is 30.3 Å². The molecule has 1 aliphatic rings. The highest BCUT2D eigenvalue weighted by Gasteiger charge is 2.24. The molecule has 5 nitrogen and oxygen atoms in total. The van der Waals surface area contributed by atoms with Crippen LogP contribution in [0.4, 0.5) is 0 Å². The molecule has 2 heterocycles. The number of rotatable bonds is 5. The van der Waals surface area contributed by atoms with Crippen molar-refractivity contribution in [2.45, 2.75) is 25.4 Å². The molecule has 1 amide bonds. The highest BCUT2D eigenvalue weighted by atomic mass is 35.5. The minimum atomic E-state index is -0.0303. The number of amides is 1. The summed E-state index contributed by atoms with van der Waals surface area (Å²) in [5.41, 5.74) is 6.68. The second-order valence-corrected chi connectivity index (χ2v) is 6.47. The number of nitrogens with two attached hydrogens (primary N) is 1. The van der Waals surface area contributed by atoms with Gasteiger partial charge in [0.25, 0.3) is 5.91 Å². The Labute approximate surface area is 146 Å². The van der Waals surface area contributed by atoms with Gasteiger partial charge in [0.1, 0.15) is 5.69 Å². The van der Waals surface area contributed by atoms with E-state index in [1.807, 2.05) is 23.1 Å². The van der Waals surface area contributed by atoms with Gasteiger partial charge >= 0.3 is 0 Å². The van der Waals surface area contributed by atoms with E-state index in [0.29, 0.717) is 37.0 Å². The second kappa shape index (κ2) is 7.92. The third kappa shape index (κ3) is 4.04. The van der Waals surface area contributed by atoms with Gasteiger partial charge in [-0.2, -0.15) is 0 Å². The fourth-order valence-corrected chi connectivity index (χ4v) is 3.10. The smallest absolute Gasteiger partial charge is 0.272 e. The van der Waals surface area contributed by atoms with E-state index < -0.39 is 0 Å². The van der Waals surface area contributed by atoms with Crippen LogP contribution in [-0.2, 0) is 4.74 Å². The summed E-state index contributed by atoms with van der Waals surface area (Å²) in [4.78, 5) is 19.0. The normalized spacial score (nSPS) is 15.8. The molecule has 0 spiro atoms. The molecule has 1 aromatic heterocycles. The molecule has 128 valence electrons. The van der Waals surface area contributed by atoms with Crippen molar-refractivity contribution in [3.63, 3.8) is 0 Å². The van der Waals surface area contributed by atoms with Crippen molar-refractivity contribution in [1.29, 1.82) is 0 Å². The Morgan fingerprint density at radius 3 is 2.79 bits per heavy atom. The van der Waals surface area contributed by atoms with Gasteiger partial charge in [-0.15, -0.1) is 0 Å². The number of pyridine rings is 1. The zero-order valence-corrected chi connectivity index (χ0v) is 14.3. The van der Waals surface area contributed by atoms with Gasteiger partial charge in [0.2, 0.25) is 0 Å². The van der Waals surface area contributed by atoms with E-state index in [1.165, 1.54) is 0 Å². The van der Waals surface area contributed by atoms with Crippen LogP contribution in [-0.4, -0.2) is 48.1 Å². The number of ether oxygens (including phenoxy) is 1. The average Bonchev–Trinajstić information content (AvgIpc) is 2.61. The Kier molecular flexibility index (Phi) is 5.66. The zero-order chi connectivity index (χ0) is 16.9. The molecule has 0 saturated carbocycles. The molecular formula is C18H22ClN3O2. The summed E-state index contributed by atoms with van der Waals surface area (Å²) >= 11 is 6.01. The van der Waals surface area contributed by atoms with Gasteiger partial charge in [-0.3, -0.25) is 4.79 Å². The highest BCUT2D eigenvalue weighted by molar-refractivity contribution is 6.31. The van der Waals surface area contributed by atoms with E-state index in [2.05, 4.69) is 4.98 Å². The lowest BCUT2D eigenvalue weighted by molar-refractivity contribution is 0.00830. The monoisotopic (exact) mass is 347 g/mol. The maximum absolute atomic E-state index is 12.7. The van der Waals surface area contributed by atoms with E-state index in [0.717, 1.165) is 30.2 Å². The fraction of sp³-hybridized carbons (Fsp3) is 0.444. The van der Waals surface area contributed by atoms with Crippen LogP contribution in [0.25, 0.3) is 10.9 Å². The summed E-state index contributed by atoms with van der Waals surface area (Å²) in [6, 6.07) is 9.20. The number of halogens is 1. The minimum absolute atomic E-state index is 0.0303. The first-order valence-corrected chi connectivity index (χ1v) is 8.72. The predicted octanol–water partition coefficient (Wildman–Crippen LogP) is 2.86. The van der Waals surface area contributed by atoms with Crippen molar-refractivity contribution < 1.29 is 9.53 Å². The van der Waals surface area contributed by atoms with Crippen molar-refractivity contribution in [3.8, 4) is 0 Å². The van der Waals surface area contributed by atoms with Crippen LogP contribution < -0.4 is 5.73 Å². The summed E-state index contributed by atoms with van der Waals surface area (Å²) in [7, 11) is 0.